The molecule has 1 aliphatic heterocycles. The van der Waals surface area contributed by atoms with Crippen molar-refractivity contribution in [1.29, 1.82) is 0 Å². The first kappa shape index (κ1) is 9.64. The highest BCUT2D eigenvalue weighted by Crippen LogP contribution is 2.22. The van der Waals surface area contributed by atoms with Gasteiger partial charge in [-0.2, -0.15) is 0 Å². The lowest BCUT2D eigenvalue weighted by Crippen LogP contribution is -2.28. The molecule has 1 unspecified atom stereocenters. The average molecular weight is 205 g/mol. The van der Waals surface area contributed by atoms with E-state index in [1.54, 1.807) is 24.4 Å². The molecular weight excluding hydrogens is 194 g/mol. The third kappa shape index (κ3) is 1.81. The van der Waals surface area contributed by atoms with Crippen LogP contribution in [-0.2, 0) is 9.59 Å². The van der Waals surface area contributed by atoms with Crippen molar-refractivity contribution in [2.45, 2.75) is 6.42 Å². The molecule has 2 heterocycles. The molecule has 1 fully saturated rings. The first-order chi connectivity index (χ1) is 7.18. The van der Waals surface area contributed by atoms with E-state index in [2.05, 4.69) is 4.98 Å². The number of aromatic nitrogens is 1. The third-order valence-electron chi connectivity index (χ3n) is 2.45. The second-order valence-corrected chi connectivity index (χ2v) is 3.50. The quantitative estimate of drug-likeness (QED) is 0.733. The fraction of sp³-hybridized carbons (Fsp3) is 0.300. The summed E-state index contributed by atoms with van der Waals surface area (Å²) in [5.74, 6) is -0.343. The van der Waals surface area contributed by atoms with Crippen molar-refractivity contribution in [3.8, 4) is 0 Å². The average Bonchev–Trinajstić information content (AvgIpc) is 2.62. The van der Waals surface area contributed by atoms with E-state index >= 15 is 0 Å². The molecule has 5 heteroatoms. The molecule has 1 aliphatic rings. The predicted octanol–water partition coefficient (Wildman–Crippen LogP) is -0.0802. The molecule has 15 heavy (non-hydrogen) atoms. The zero-order valence-corrected chi connectivity index (χ0v) is 8.09. The van der Waals surface area contributed by atoms with Gasteiger partial charge in [0.2, 0.25) is 11.8 Å². The smallest absolute Gasteiger partial charge is 0.229 e. The highest BCUT2D eigenvalue weighted by Gasteiger charge is 2.34. The van der Waals surface area contributed by atoms with Gasteiger partial charge in [0.25, 0.3) is 0 Å². The van der Waals surface area contributed by atoms with Gasteiger partial charge in [-0.3, -0.25) is 14.5 Å². The van der Waals surface area contributed by atoms with Crippen LogP contribution in [-0.4, -0.2) is 23.3 Å². The maximum Gasteiger partial charge on any atom is 0.229 e. The lowest BCUT2D eigenvalue weighted by molar-refractivity contribution is -0.123. The van der Waals surface area contributed by atoms with Crippen LogP contribution in [0.4, 0.5) is 5.82 Å². The summed E-state index contributed by atoms with van der Waals surface area (Å²) < 4.78 is 0. The van der Waals surface area contributed by atoms with Crippen LogP contribution < -0.4 is 10.6 Å². The lowest BCUT2D eigenvalue weighted by Gasteiger charge is -2.14. The molecule has 0 aromatic carbocycles. The second kappa shape index (κ2) is 3.68. The van der Waals surface area contributed by atoms with Crippen molar-refractivity contribution >= 4 is 17.6 Å². The summed E-state index contributed by atoms with van der Waals surface area (Å²) in [6.07, 6.45) is 1.80. The van der Waals surface area contributed by atoms with Gasteiger partial charge in [0, 0.05) is 19.2 Å². The molecule has 2 N–H and O–H groups in total. The maximum atomic E-state index is 11.6. The van der Waals surface area contributed by atoms with E-state index in [9.17, 15) is 9.59 Å². The number of hydrogen-bond donors (Lipinski definition) is 1. The number of nitrogens with zero attached hydrogens (tertiary/aromatic N) is 2. The van der Waals surface area contributed by atoms with Gasteiger partial charge in [0.05, 0.1) is 5.92 Å². The summed E-state index contributed by atoms with van der Waals surface area (Å²) in [4.78, 5) is 28.1. The Hall–Kier alpha value is -1.91. The van der Waals surface area contributed by atoms with Crippen molar-refractivity contribution in [3.05, 3.63) is 24.4 Å². The van der Waals surface area contributed by atoms with E-state index in [4.69, 9.17) is 5.73 Å². The van der Waals surface area contributed by atoms with Crippen molar-refractivity contribution < 1.29 is 9.59 Å². The lowest BCUT2D eigenvalue weighted by atomic mass is 10.1. The number of hydrogen-bond acceptors (Lipinski definition) is 3. The molecule has 0 radical (unpaired) electrons. The van der Waals surface area contributed by atoms with Crippen molar-refractivity contribution in [2.75, 3.05) is 11.4 Å². The van der Waals surface area contributed by atoms with E-state index in [1.165, 1.54) is 4.90 Å². The van der Waals surface area contributed by atoms with E-state index in [0.29, 0.717) is 12.4 Å². The number of pyridine rings is 1. The summed E-state index contributed by atoms with van der Waals surface area (Å²) in [6.45, 7) is 0.338. The summed E-state index contributed by atoms with van der Waals surface area (Å²) in [5.41, 5.74) is 5.16. The zero-order valence-electron chi connectivity index (χ0n) is 8.09. The Bertz CT molecular complexity index is 391. The molecule has 0 bridgehead atoms. The Kier molecular flexibility index (Phi) is 2.37. The van der Waals surface area contributed by atoms with Crippen LogP contribution in [0.2, 0.25) is 0 Å². The SMILES string of the molecule is NC(=O)C1CC(=O)N(c2ccccn2)C1. The monoisotopic (exact) mass is 205 g/mol. The second-order valence-electron chi connectivity index (χ2n) is 3.50. The van der Waals surface area contributed by atoms with Gasteiger partial charge in [0.1, 0.15) is 5.82 Å². The minimum absolute atomic E-state index is 0.0995. The zero-order chi connectivity index (χ0) is 10.8. The summed E-state index contributed by atoms with van der Waals surface area (Å²) in [6, 6.07) is 5.31. The third-order valence-corrected chi connectivity index (χ3v) is 2.45. The number of carbonyl (C=O) groups is 2. The maximum absolute atomic E-state index is 11.6. The van der Waals surface area contributed by atoms with E-state index in [0.717, 1.165) is 0 Å². The van der Waals surface area contributed by atoms with Gasteiger partial charge in [0.15, 0.2) is 0 Å². The Balaban J connectivity index is 2.19. The largest absolute Gasteiger partial charge is 0.369 e. The van der Waals surface area contributed by atoms with Gasteiger partial charge >= 0.3 is 0 Å². The minimum Gasteiger partial charge on any atom is -0.369 e. The van der Waals surface area contributed by atoms with Gasteiger partial charge in [-0.15, -0.1) is 0 Å². The highest BCUT2D eigenvalue weighted by atomic mass is 16.2. The Morgan fingerprint density at radius 2 is 2.33 bits per heavy atom. The van der Waals surface area contributed by atoms with Crippen LogP contribution in [0.3, 0.4) is 0 Å². The van der Waals surface area contributed by atoms with Gasteiger partial charge in [-0.05, 0) is 12.1 Å². The van der Waals surface area contributed by atoms with Crippen LogP contribution in [0, 0.1) is 5.92 Å². The van der Waals surface area contributed by atoms with Gasteiger partial charge < -0.3 is 5.73 Å². The summed E-state index contributed by atoms with van der Waals surface area (Å²) >= 11 is 0. The normalized spacial score (nSPS) is 20.7. The molecule has 2 rings (SSSR count). The van der Waals surface area contributed by atoms with Gasteiger partial charge in [-0.1, -0.05) is 6.07 Å². The van der Waals surface area contributed by atoms with E-state index in [-0.39, 0.29) is 18.2 Å². The first-order valence-electron chi connectivity index (χ1n) is 4.69. The molecule has 0 aliphatic carbocycles. The molecule has 1 saturated heterocycles. The predicted molar refractivity (Wildman–Crippen MR) is 53.9 cm³/mol. The molecule has 1 aromatic heterocycles. The number of primary amides is 1. The van der Waals surface area contributed by atoms with E-state index in [1.807, 2.05) is 0 Å². The van der Waals surface area contributed by atoms with Crippen molar-refractivity contribution in [2.24, 2.45) is 11.7 Å². The molecule has 5 nitrogen and oxygen atoms in total. The molecule has 1 atom stereocenters. The standard InChI is InChI=1S/C10H11N3O2/c11-10(15)7-5-9(14)13(6-7)8-3-1-2-4-12-8/h1-4,7H,5-6H2,(H2,11,15). The number of carbonyl (C=O) groups excluding carboxylic acids is 2. The number of rotatable bonds is 2. The number of amides is 2. The topological polar surface area (TPSA) is 76.3 Å². The van der Waals surface area contributed by atoms with Crippen molar-refractivity contribution in [1.82, 2.24) is 4.98 Å². The van der Waals surface area contributed by atoms with Crippen LogP contribution in [0.25, 0.3) is 0 Å². The fourth-order valence-corrected chi connectivity index (χ4v) is 1.63. The van der Waals surface area contributed by atoms with E-state index < -0.39 is 5.91 Å². The van der Waals surface area contributed by atoms with Crippen LogP contribution in [0.5, 0.6) is 0 Å². The Morgan fingerprint density at radius 1 is 1.53 bits per heavy atom. The first-order valence-corrected chi connectivity index (χ1v) is 4.69. The Morgan fingerprint density at radius 3 is 2.87 bits per heavy atom. The summed E-state index contributed by atoms with van der Waals surface area (Å²) in [7, 11) is 0. The highest BCUT2D eigenvalue weighted by molar-refractivity contribution is 5.99. The number of anilines is 1. The van der Waals surface area contributed by atoms with Crippen molar-refractivity contribution in [3.63, 3.8) is 0 Å². The van der Waals surface area contributed by atoms with Crippen LogP contribution in [0.1, 0.15) is 6.42 Å². The Labute approximate surface area is 86.9 Å². The molecule has 0 saturated carbocycles. The molecule has 2 amide bonds. The summed E-state index contributed by atoms with van der Waals surface area (Å²) in [5, 5.41) is 0. The van der Waals surface area contributed by atoms with Crippen LogP contribution in [0.15, 0.2) is 24.4 Å². The van der Waals surface area contributed by atoms with Crippen LogP contribution >= 0.6 is 0 Å². The molecule has 0 spiro atoms. The number of nitrogens with two attached hydrogens (primary N) is 1. The fourth-order valence-electron chi connectivity index (χ4n) is 1.63. The minimum atomic E-state index is -0.429. The van der Waals surface area contributed by atoms with Gasteiger partial charge in [-0.25, -0.2) is 4.98 Å². The molecule has 78 valence electrons. The molecule has 1 aromatic rings. The molecular formula is C10H11N3O2.